The second kappa shape index (κ2) is 4.71. The summed E-state index contributed by atoms with van der Waals surface area (Å²) in [4.78, 5) is 4.43. The highest BCUT2D eigenvalue weighted by atomic mass is 79.9. The smallest absolute Gasteiger partial charge is 0.153 e. The third-order valence-electron chi connectivity index (χ3n) is 3.12. The Balaban J connectivity index is 2.20. The van der Waals surface area contributed by atoms with E-state index in [0.29, 0.717) is 4.60 Å². The maximum Gasteiger partial charge on any atom is 0.153 e. The fourth-order valence-corrected chi connectivity index (χ4v) is 2.76. The first-order chi connectivity index (χ1) is 9.18. The van der Waals surface area contributed by atoms with Crippen LogP contribution in [0.5, 0.6) is 0 Å². The molecule has 96 valence electrons. The van der Waals surface area contributed by atoms with Crippen LogP contribution in [0, 0.1) is 0 Å². The van der Waals surface area contributed by atoms with Crippen molar-refractivity contribution < 1.29 is 0 Å². The molecule has 0 bridgehead atoms. The Morgan fingerprint density at radius 1 is 1.26 bits per heavy atom. The topological polar surface area (TPSA) is 69.6 Å². The number of rotatable bonds is 2. The van der Waals surface area contributed by atoms with Crippen molar-refractivity contribution in [3.05, 3.63) is 52.5 Å². The van der Waals surface area contributed by atoms with E-state index < -0.39 is 0 Å². The summed E-state index contributed by atoms with van der Waals surface area (Å²) in [5, 5.41) is 10.1. The van der Waals surface area contributed by atoms with Gasteiger partial charge in [-0.2, -0.15) is 0 Å². The Labute approximate surface area is 118 Å². The van der Waals surface area contributed by atoms with Crippen LogP contribution in [0.4, 0.5) is 0 Å². The fourth-order valence-electron chi connectivity index (χ4n) is 2.19. The lowest BCUT2D eigenvalue weighted by Gasteiger charge is -2.13. The number of aryl methyl sites for hydroxylation is 1. The minimum atomic E-state index is -0.375. The predicted octanol–water partition coefficient (Wildman–Crippen LogP) is 2.17. The first-order valence-corrected chi connectivity index (χ1v) is 6.62. The van der Waals surface area contributed by atoms with Gasteiger partial charge in [0.15, 0.2) is 4.60 Å². The van der Waals surface area contributed by atoms with Crippen LogP contribution in [0.3, 0.4) is 0 Å². The molecule has 0 saturated carbocycles. The van der Waals surface area contributed by atoms with Crippen molar-refractivity contribution in [2.45, 2.75) is 6.04 Å². The van der Waals surface area contributed by atoms with Gasteiger partial charge >= 0.3 is 0 Å². The number of fused-ring (bicyclic) bond motifs is 1. The summed E-state index contributed by atoms with van der Waals surface area (Å²) in [5.41, 5.74) is 7.97. The summed E-state index contributed by atoms with van der Waals surface area (Å²) in [6.45, 7) is 0. The van der Waals surface area contributed by atoms with Gasteiger partial charge in [0, 0.05) is 18.6 Å². The van der Waals surface area contributed by atoms with Gasteiger partial charge in [0.05, 0.1) is 17.4 Å². The average molecular weight is 318 g/mol. The molecule has 6 heteroatoms. The van der Waals surface area contributed by atoms with Crippen molar-refractivity contribution in [1.29, 1.82) is 0 Å². The molecule has 0 amide bonds. The van der Waals surface area contributed by atoms with Crippen molar-refractivity contribution >= 4 is 26.7 Å². The molecule has 1 aromatic carbocycles. The van der Waals surface area contributed by atoms with Gasteiger partial charge in [0.2, 0.25) is 0 Å². The van der Waals surface area contributed by atoms with Crippen molar-refractivity contribution in [2.24, 2.45) is 12.8 Å². The number of benzene rings is 1. The molecule has 3 rings (SSSR count). The number of hydrogen-bond donors (Lipinski definition) is 1. The summed E-state index contributed by atoms with van der Waals surface area (Å²) in [6.07, 6.45) is 1.77. The third kappa shape index (κ3) is 2.02. The first-order valence-electron chi connectivity index (χ1n) is 5.83. The van der Waals surface area contributed by atoms with E-state index in [9.17, 15) is 0 Å². The molecule has 0 aliphatic rings. The molecule has 1 unspecified atom stereocenters. The summed E-state index contributed by atoms with van der Waals surface area (Å²) >= 11 is 3.38. The lowest BCUT2D eigenvalue weighted by Crippen LogP contribution is -2.18. The molecule has 0 radical (unpaired) electrons. The lowest BCUT2D eigenvalue weighted by atomic mass is 10.0. The van der Waals surface area contributed by atoms with Gasteiger partial charge in [-0.25, -0.2) is 4.68 Å². The van der Waals surface area contributed by atoms with E-state index in [1.807, 2.05) is 37.4 Å². The SMILES string of the molecule is Cn1nnc(Br)c1C(N)c1nccc2ccccc12. The zero-order valence-electron chi connectivity index (χ0n) is 10.3. The number of halogens is 1. The predicted molar refractivity (Wildman–Crippen MR) is 76.5 cm³/mol. The monoisotopic (exact) mass is 317 g/mol. The number of nitrogens with two attached hydrogens (primary N) is 1. The highest BCUT2D eigenvalue weighted by Crippen LogP contribution is 2.28. The molecule has 2 heterocycles. The minimum Gasteiger partial charge on any atom is -0.318 e. The molecule has 0 saturated heterocycles. The number of pyridine rings is 1. The third-order valence-corrected chi connectivity index (χ3v) is 3.69. The molecule has 0 aliphatic heterocycles. The molecule has 0 aliphatic carbocycles. The van der Waals surface area contributed by atoms with Crippen molar-refractivity contribution in [3.63, 3.8) is 0 Å². The van der Waals surface area contributed by atoms with Crippen molar-refractivity contribution in [1.82, 2.24) is 20.0 Å². The Bertz CT molecular complexity index is 712. The summed E-state index contributed by atoms with van der Waals surface area (Å²) in [6, 6.07) is 9.65. The second-order valence-electron chi connectivity index (χ2n) is 4.28. The van der Waals surface area contributed by atoms with E-state index in [1.54, 1.807) is 10.9 Å². The van der Waals surface area contributed by atoms with E-state index in [-0.39, 0.29) is 6.04 Å². The Morgan fingerprint density at radius 2 is 2.05 bits per heavy atom. The van der Waals surface area contributed by atoms with Crippen LogP contribution in [0.15, 0.2) is 41.1 Å². The normalized spacial score (nSPS) is 12.8. The van der Waals surface area contributed by atoms with E-state index >= 15 is 0 Å². The number of nitrogens with zero attached hydrogens (tertiary/aromatic N) is 4. The van der Waals surface area contributed by atoms with Crippen LogP contribution in [0.2, 0.25) is 0 Å². The molecular weight excluding hydrogens is 306 g/mol. The Morgan fingerprint density at radius 3 is 2.79 bits per heavy atom. The van der Waals surface area contributed by atoms with Gasteiger partial charge in [-0.15, -0.1) is 5.10 Å². The van der Waals surface area contributed by atoms with E-state index in [0.717, 1.165) is 22.2 Å². The molecule has 0 fully saturated rings. The molecule has 19 heavy (non-hydrogen) atoms. The second-order valence-corrected chi connectivity index (χ2v) is 5.04. The van der Waals surface area contributed by atoms with Gasteiger partial charge in [-0.05, 0) is 27.4 Å². The van der Waals surface area contributed by atoms with E-state index in [4.69, 9.17) is 5.73 Å². The molecule has 3 aromatic rings. The van der Waals surface area contributed by atoms with E-state index in [2.05, 4.69) is 31.2 Å². The van der Waals surface area contributed by atoms with Gasteiger partial charge < -0.3 is 5.73 Å². The zero-order valence-corrected chi connectivity index (χ0v) is 11.9. The van der Waals surface area contributed by atoms with Crippen LogP contribution in [-0.4, -0.2) is 20.0 Å². The maximum atomic E-state index is 6.34. The van der Waals surface area contributed by atoms with Gasteiger partial charge in [-0.1, -0.05) is 29.5 Å². The molecular formula is C13H12BrN5. The average Bonchev–Trinajstić information content (AvgIpc) is 2.77. The van der Waals surface area contributed by atoms with E-state index in [1.165, 1.54) is 0 Å². The van der Waals surface area contributed by atoms with Crippen LogP contribution in [0.1, 0.15) is 17.4 Å². The van der Waals surface area contributed by atoms with Crippen LogP contribution >= 0.6 is 15.9 Å². The minimum absolute atomic E-state index is 0.375. The zero-order chi connectivity index (χ0) is 13.4. The highest BCUT2D eigenvalue weighted by molar-refractivity contribution is 9.10. The van der Waals surface area contributed by atoms with Crippen molar-refractivity contribution in [3.8, 4) is 0 Å². The number of aromatic nitrogens is 4. The molecule has 5 nitrogen and oxygen atoms in total. The van der Waals surface area contributed by atoms with Crippen LogP contribution < -0.4 is 5.73 Å². The maximum absolute atomic E-state index is 6.34. The fraction of sp³-hybridized carbons (Fsp3) is 0.154. The van der Waals surface area contributed by atoms with Crippen molar-refractivity contribution in [2.75, 3.05) is 0 Å². The first kappa shape index (κ1) is 12.3. The standard InChI is InChI=1S/C13H12BrN5/c1-19-12(13(14)17-18-19)10(15)11-9-5-3-2-4-8(9)6-7-16-11/h2-7,10H,15H2,1H3. The molecule has 1 atom stereocenters. The molecule has 2 N–H and O–H groups in total. The molecule has 0 spiro atoms. The van der Waals surface area contributed by atoms with Gasteiger partial charge in [0.25, 0.3) is 0 Å². The summed E-state index contributed by atoms with van der Waals surface area (Å²) < 4.78 is 2.32. The Hall–Kier alpha value is -1.79. The largest absolute Gasteiger partial charge is 0.318 e. The highest BCUT2D eigenvalue weighted by Gasteiger charge is 2.20. The molecule has 2 aromatic heterocycles. The quantitative estimate of drug-likeness (QED) is 0.786. The van der Waals surface area contributed by atoms with Crippen LogP contribution in [-0.2, 0) is 7.05 Å². The van der Waals surface area contributed by atoms with Gasteiger partial charge in [-0.3, -0.25) is 4.98 Å². The number of hydrogen-bond acceptors (Lipinski definition) is 4. The summed E-state index contributed by atoms with van der Waals surface area (Å²) in [5.74, 6) is 0. The summed E-state index contributed by atoms with van der Waals surface area (Å²) in [7, 11) is 1.82. The van der Waals surface area contributed by atoms with Crippen LogP contribution in [0.25, 0.3) is 10.8 Å². The Kier molecular flexibility index (Phi) is 3.04. The van der Waals surface area contributed by atoms with Gasteiger partial charge in [0.1, 0.15) is 0 Å². The lowest BCUT2D eigenvalue weighted by molar-refractivity contribution is 0.646.